The molecule has 0 heterocycles. The molecule has 4 heteroatoms. The molecule has 0 radical (unpaired) electrons. The molecular weight excluding hydrogens is 233 g/mol. The molecule has 0 aliphatic rings. The van der Waals surface area contributed by atoms with Gasteiger partial charge >= 0.3 is 0 Å². The third kappa shape index (κ3) is 3.35. The van der Waals surface area contributed by atoms with Gasteiger partial charge < -0.3 is 10.8 Å². The van der Waals surface area contributed by atoms with Crippen LogP contribution in [0.1, 0.15) is 25.5 Å². The van der Waals surface area contributed by atoms with E-state index in [0.29, 0.717) is 15.6 Å². The average Bonchev–Trinajstić information content (AvgIpc) is 2.13. The molecule has 0 spiro atoms. The predicted molar refractivity (Wildman–Crippen MR) is 64.2 cm³/mol. The lowest BCUT2D eigenvalue weighted by atomic mass is 9.94. The molecule has 1 aromatic carbocycles. The van der Waals surface area contributed by atoms with Gasteiger partial charge in [-0.2, -0.15) is 0 Å². The van der Waals surface area contributed by atoms with Gasteiger partial charge in [0, 0.05) is 16.1 Å². The molecule has 0 aromatic heterocycles. The molecule has 0 aliphatic heterocycles. The molecule has 0 saturated heterocycles. The normalized spacial score (nSPS) is 15.4. The summed E-state index contributed by atoms with van der Waals surface area (Å²) in [5.41, 5.74) is 6.52. The van der Waals surface area contributed by atoms with E-state index in [1.54, 1.807) is 18.2 Å². The Hall–Kier alpha value is -0.280. The number of halogens is 2. The van der Waals surface area contributed by atoms with E-state index >= 15 is 0 Å². The van der Waals surface area contributed by atoms with Gasteiger partial charge in [-0.1, -0.05) is 37.0 Å². The number of hydrogen-bond acceptors (Lipinski definition) is 2. The first kappa shape index (κ1) is 12.8. The fourth-order valence-corrected chi connectivity index (χ4v) is 1.88. The van der Waals surface area contributed by atoms with Crippen molar-refractivity contribution in [2.45, 2.75) is 26.0 Å². The molecule has 3 N–H and O–H groups in total. The molecule has 15 heavy (non-hydrogen) atoms. The minimum Gasteiger partial charge on any atom is -0.387 e. The van der Waals surface area contributed by atoms with Crippen LogP contribution in [-0.4, -0.2) is 11.1 Å². The molecular formula is C11H15Cl2NO. The maximum absolute atomic E-state index is 9.97. The third-order valence-electron chi connectivity index (χ3n) is 2.36. The van der Waals surface area contributed by atoms with Crippen molar-refractivity contribution < 1.29 is 5.11 Å². The van der Waals surface area contributed by atoms with Crippen molar-refractivity contribution >= 4 is 23.2 Å². The van der Waals surface area contributed by atoms with E-state index in [1.807, 2.05) is 13.8 Å². The summed E-state index contributed by atoms with van der Waals surface area (Å²) in [6, 6.07) is 4.67. The third-order valence-corrected chi connectivity index (χ3v) is 2.80. The summed E-state index contributed by atoms with van der Waals surface area (Å²) in [4.78, 5) is 0. The number of aliphatic hydroxyl groups excluding tert-OH is 1. The molecule has 1 rings (SSSR count). The van der Waals surface area contributed by atoms with E-state index in [9.17, 15) is 5.11 Å². The van der Waals surface area contributed by atoms with Crippen molar-refractivity contribution in [3.05, 3.63) is 33.8 Å². The molecule has 2 atom stereocenters. The number of benzene rings is 1. The molecule has 0 bridgehead atoms. The number of rotatable bonds is 3. The summed E-state index contributed by atoms with van der Waals surface area (Å²) < 4.78 is 0. The lowest BCUT2D eigenvalue weighted by Crippen LogP contribution is -2.33. The van der Waals surface area contributed by atoms with Crippen molar-refractivity contribution in [2.24, 2.45) is 11.7 Å². The predicted octanol–water partition coefficient (Wildman–Crippen LogP) is 3.01. The topological polar surface area (TPSA) is 46.2 Å². The minimum absolute atomic E-state index is 0.192. The number of nitrogens with two attached hydrogens (primary N) is 1. The van der Waals surface area contributed by atoms with Crippen LogP contribution in [0.5, 0.6) is 0 Å². The Morgan fingerprint density at radius 2 is 1.60 bits per heavy atom. The van der Waals surface area contributed by atoms with Crippen molar-refractivity contribution in [3.8, 4) is 0 Å². The maximum atomic E-state index is 9.97. The van der Waals surface area contributed by atoms with Gasteiger partial charge in [-0.05, 0) is 29.7 Å². The van der Waals surface area contributed by atoms with E-state index in [0.717, 1.165) is 0 Å². The maximum Gasteiger partial charge on any atom is 0.0944 e. The van der Waals surface area contributed by atoms with Gasteiger partial charge in [0.05, 0.1) is 6.10 Å². The van der Waals surface area contributed by atoms with Crippen LogP contribution in [-0.2, 0) is 0 Å². The number of hydrogen-bond donors (Lipinski definition) is 2. The van der Waals surface area contributed by atoms with E-state index in [2.05, 4.69) is 0 Å². The summed E-state index contributed by atoms with van der Waals surface area (Å²) in [5.74, 6) is 0.192. The largest absolute Gasteiger partial charge is 0.387 e. The second-order valence-corrected chi connectivity index (χ2v) is 4.84. The highest BCUT2D eigenvalue weighted by molar-refractivity contribution is 6.34. The van der Waals surface area contributed by atoms with Crippen molar-refractivity contribution in [1.82, 2.24) is 0 Å². The zero-order chi connectivity index (χ0) is 11.6. The van der Waals surface area contributed by atoms with E-state index in [-0.39, 0.29) is 12.0 Å². The summed E-state index contributed by atoms with van der Waals surface area (Å²) in [5, 5.41) is 11.0. The van der Waals surface area contributed by atoms with Crippen molar-refractivity contribution in [1.29, 1.82) is 0 Å². The molecule has 0 fully saturated rings. The Labute approximate surface area is 100.0 Å². The lowest BCUT2D eigenvalue weighted by molar-refractivity contribution is 0.126. The molecule has 0 saturated carbocycles. The second kappa shape index (κ2) is 5.17. The zero-order valence-electron chi connectivity index (χ0n) is 8.74. The molecule has 1 aromatic rings. The van der Waals surface area contributed by atoms with Crippen LogP contribution >= 0.6 is 23.2 Å². The highest BCUT2D eigenvalue weighted by Crippen LogP contribution is 2.26. The van der Waals surface area contributed by atoms with Crippen LogP contribution in [0.15, 0.2) is 18.2 Å². The van der Waals surface area contributed by atoms with Crippen LogP contribution in [0.25, 0.3) is 0 Å². The van der Waals surface area contributed by atoms with Gasteiger partial charge in [0.1, 0.15) is 0 Å². The van der Waals surface area contributed by atoms with E-state index in [4.69, 9.17) is 28.9 Å². The molecule has 84 valence electrons. The van der Waals surface area contributed by atoms with Gasteiger partial charge in [0.2, 0.25) is 0 Å². The Morgan fingerprint density at radius 1 is 1.13 bits per heavy atom. The Bertz CT molecular complexity index is 321. The minimum atomic E-state index is -0.735. The quantitative estimate of drug-likeness (QED) is 0.863. The summed E-state index contributed by atoms with van der Waals surface area (Å²) >= 11 is 11.7. The van der Waals surface area contributed by atoms with Crippen LogP contribution in [0.2, 0.25) is 10.0 Å². The Balaban J connectivity index is 2.95. The van der Waals surface area contributed by atoms with Crippen LogP contribution in [0.3, 0.4) is 0 Å². The van der Waals surface area contributed by atoms with Crippen molar-refractivity contribution in [3.63, 3.8) is 0 Å². The lowest BCUT2D eigenvalue weighted by Gasteiger charge is -2.22. The standard InChI is InChI=1S/C11H15Cl2NO/c1-6(2)10(14)11(15)7-3-8(12)5-9(13)4-7/h3-6,10-11,15H,14H2,1-2H3. The number of aliphatic hydroxyl groups is 1. The first-order valence-electron chi connectivity index (χ1n) is 4.81. The van der Waals surface area contributed by atoms with Gasteiger partial charge in [0.15, 0.2) is 0 Å². The zero-order valence-corrected chi connectivity index (χ0v) is 10.3. The average molecular weight is 248 g/mol. The first-order chi connectivity index (χ1) is 6.91. The highest BCUT2D eigenvalue weighted by Gasteiger charge is 2.20. The van der Waals surface area contributed by atoms with E-state index in [1.165, 1.54) is 0 Å². The van der Waals surface area contributed by atoms with Crippen LogP contribution in [0, 0.1) is 5.92 Å². The Kier molecular flexibility index (Phi) is 4.41. The monoisotopic (exact) mass is 247 g/mol. The fourth-order valence-electron chi connectivity index (χ4n) is 1.33. The van der Waals surface area contributed by atoms with Crippen molar-refractivity contribution in [2.75, 3.05) is 0 Å². The summed E-state index contributed by atoms with van der Waals surface area (Å²) in [6.45, 7) is 3.92. The highest BCUT2D eigenvalue weighted by atomic mass is 35.5. The van der Waals surface area contributed by atoms with Crippen LogP contribution < -0.4 is 5.73 Å². The smallest absolute Gasteiger partial charge is 0.0944 e. The molecule has 0 aliphatic carbocycles. The molecule has 2 nitrogen and oxygen atoms in total. The van der Waals surface area contributed by atoms with Gasteiger partial charge in [-0.3, -0.25) is 0 Å². The molecule has 2 unspecified atom stereocenters. The first-order valence-corrected chi connectivity index (χ1v) is 5.57. The molecule has 0 amide bonds. The fraction of sp³-hybridized carbons (Fsp3) is 0.455. The van der Waals surface area contributed by atoms with Gasteiger partial charge in [-0.15, -0.1) is 0 Å². The summed E-state index contributed by atoms with van der Waals surface area (Å²) in [6.07, 6.45) is -0.735. The SMILES string of the molecule is CC(C)C(N)C(O)c1cc(Cl)cc(Cl)c1. The van der Waals surface area contributed by atoms with Gasteiger partial charge in [-0.25, -0.2) is 0 Å². The van der Waals surface area contributed by atoms with Gasteiger partial charge in [0.25, 0.3) is 0 Å². The summed E-state index contributed by atoms with van der Waals surface area (Å²) in [7, 11) is 0. The van der Waals surface area contributed by atoms with Crippen LogP contribution in [0.4, 0.5) is 0 Å². The van der Waals surface area contributed by atoms with E-state index < -0.39 is 6.10 Å². The second-order valence-electron chi connectivity index (χ2n) is 3.97. The Morgan fingerprint density at radius 3 is 2.00 bits per heavy atom.